The zero-order valence-corrected chi connectivity index (χ0v) is 12.8. The van der Waals surface area contributed by atoms with E-state index in [1.165, 1.54) is 6.20 Å². The molecule has 0 aliphatic carbocycles. The average molecular weight is 286 g/mol. The van der Waals surface area contributed by atoms with E-state index < -0.39 is 5.54 Å². The number of rotatable bonds is 5. The molecule has 2 aromatic rings. The number of fused-ring (bicyclic) bond motifs is 1. The minimum atomic E-state index is -0.432. The number of para-hydroxylation sites is 2. The van der Waals surface area contributed by atoms with Crippen LogP contribution >= 0.6 is 0 Å². The lowest BCUT2D eigenvalue weighted by atomic mass is 9.90. The predicted octanol–water partition coefficient (Wildman–Crippen LogP) is 2.12. The maximum Gasteiger partial charge on any atom is 0.271 e. The van der Waals surface area contributed by atoms with Crippen molar-refractivity contribution < 1.29 is 4.79 Å². The summed E-state index contributed by atoms with van der Waals surface area (Å²) in [4.78, 5) is 21.0. The molecule has 0 fully saturated rings. The van der Waals surface area contributed by atoms with Gasteiger partial charge in [-0.15, -0.1) is 0 Å². The molecule has 1 heterocycles. The summed E-state index contributed by atoms with van der Waals surface area (Å²) >= 11 is 0. The third-order valence-corrected chi connectivity index (χ3v) is 3.41. The Morgan fingerprint density at radius 1 is 1.33 bits per heavy atom. The highest BCUT2D eigenvalue weighted by molar-refractivity contribution is 5.94. The third-order valence-electron chi connectivity index (χ3n) is 3.41. The van der Waals surface area contributed by atoms with Crippen molar-refractivity contribution in [1.82, 2.24) is 15.3 Å². The Balaban J connectivity index is 2.21. The number of hydrogen-bond acceptors (Lipinski definition) is 4. The summed E-state index contributed by atoms with van der Waals surface area (Å²) < 4.78 is 0. The number of aromatic nitrogens is 2. The van der Waals surface area contributed by atoms with E-state index in [9.17, 15) is 4.79 Å². The molecule has 2 rings (SSSR count). The fourth-order valence-corrected chi connectivity index (χ4v) is 2.49. The van der Waals surface area contributed by atoms with Crippen LogP contribution in [0.5, 0.6) is 0 Å². The standard InChI is InChI=1S/C16H22N4O/c1-11(2)8-16(3,10-17)20-15(21)14-9-18-12-6-4-5-7-13(12)19-14/h4-7,9,11H,8,10,17H2,1-3H3,(H,20,21). The zero-order valence-electron chi connectivity index (χ0n) is 12.8. The summed E-state index contributed by atoms with van der Waals surface area (Å²) in [5.74, 6) is 0.211. The van der Waals surface area contributed by atoms with Crippen molar-refractivity contribution in [3.05, 3.63) is 36.2 Å². The van der Waals surface area contributed by atoms with E-state index >= 15 is 0 Å². The summed E-state index contributed by atoms with van der Waals surface area (Å²) in [5.41, 5.74) is 7.19. The maximum absolute atomic E-state index is 12.4. The van der Waals surface area contributed by atoms with Gasteiger partial charge in [0.25, 0.3) is 5.91 Å². The predicted molar refractivity (Wildman–Crippen MR) is 83.9 cm³/mol. The average Bonchev–Trinajstić information content (AvgIpc) is 2.45. The molecule has 112 valence electrons. The van der Waals surface area contributed by atoms with Crippen molar-refractivity contribution in [2.75, 3.05) is 6.54 Å². The van der Waals surface area contributed by atoms with Crippen molar-refractivity contribution in [3.63, 3.8) is 0 Å². The van der Waals surface area contributed by atoms with Crippen molar-refractivity contribution >= 4 is 16.9 Å². The fraction of sp³-hybridized carbons (Fsp3) is 0.438. The monoisotopic (exact) mass is 286 g/mol. The summed E-state index contributed by atoms with van der Waals surface area (Å²) in [6.45, 7) is 6.56. The molecule has 1 atom stereocenters. The highest BCUT2D eigenvalue weighted by Crippen LogP contribution is 2.16. The van der Waals surface area contributed by atoms with Crippen molar-refractivity contribution in [3.8, 4) is 0 Å². The van der Waals surface area contributed by atoms with Gasteiger partial charge in [0.2, 0.25) is 0 Å². The Kier molecular flexibility index (Phi) is 4.53. The van der Waals surface area contributed by atoms with Gasteiger partial charge in [-0.25, -0.2) is 4.98 Å². The second-order valence-electron chi connectivity index (χ2n) is 6.06. The van der Waals surface area contributed by atoms with Crippen LogP contribution in [0, 0.1) is 5.92 Å². The van der Waals surface area contributed by atoms with E-state index in [0.29, 0.717) is 23.7 Å². The van der Waals surface area contributed by atoms with Crippen LogP contribution in [0.3, 0.4) is 0 Å². The number of hydrogen-bond donors (Lipinski definition) is 2. The molecule has 0 saturated carbocycles. The molecule has 0 saturated heterocycles. The minimum absolute atomic E-state index is 0.234. The van der Waals surface area contributed by atoms with Crippen LogP contribution in [-0.2, 0) is 0 Å². The molecule has 3 N–H and O–H groups in total. The van der Waals surface area contributed by atoms with E-state index in [2.05, 4.69) is 29.1 Å². The van der Waals surface area contributed by atoms with Crippen molar-refractivity contribution in [2.24, 2.45) is 11.7 Å². The Labute approximate surface area is 125 Å². The molecule has 1 aromatic carbocycles. The summed E-state index contributed by atoms with van der Waals surface area (Å²) in [5, 5.41) is 2.99. The molecule has 5 heteroatoms. The SMILES string of the molecule is CC(C)CC(C)(CN)NC(=O)c1cnc2ccccc2n1. The maximum atomic E-state index is 12.4. The quantitative estimate of drug-likeness (QED) is 0.882. The first kappa shape index (κ1) is 15.4. The van der Waals surface area contributed by atoms with Gasteiger partial charge in [0.15, 0.2) is 0 Å². The van der Waals surface area contributed by atoms with E-state index in [0.717, 1.165) is 11.9 Å². The van der Waals surface area contributed by atoms with E-state index in [1.54, 1.807) is 0 Å². The number of carbonyl (C=O) groups excluding carboxylic acids is 1. The lowest BCUT2D eigenvalue weighted by molar-refractivity contribution is 0.0893. The minimum Gasteiger partial charge on any atom is -0.344 e. The first-order valence-corrected chi connectivity index (χ1v) is 7.18. The molecule has 0 bridgehead atoms. The van der Waals surface area contributed by atoms with Gasteiger partial charge >= 0.3 is 0 Å². The van der Waals surface area contributed by atoms with E-state index in [4.69, 9.17) is 5.73 Å². The van der Waals surface area contributed by atoms with Gasteiger partial charge < -0.3 is 11.1 Å². The van der Waals surface area contributed by atoms with Crippen LogP contribution in [0.25, 0.3) is 11.0 Å². The molecule has 1 unspecified atom stereocenters. The number of benzene rings is 1. The van der Waals surface area contributed by atoms with Crippen LogP contribution in [0.1, 0.15) is 37.7 Å². The molecule has 21 heavy (non-hydrogen) atoms. The molecule has 0 aliphatic rings. The third kappa shape index (κ3) is 3.76. The molecule has 1 amide bonds. The first-order chi connectivity index (χ1) is 9.93. The fourth-order valence-electron chi connectivity index (χ4n) is 2.49. The van der Waals surface area contributed by atoms with Gasteiger partial charge in [0.05, 0.1) is 22.8 Å². The highest BCUT2D eigenvalue weighted by Gasteiger charge is 2.27. The summed E-state index contributed by atoms with van der Waals surface area (Å²) in [6, 6.07) is 7.48. The second-order valence-corrected chi connectivity index (χ2v) is 6.06. The Hall–Kier alpha value is -2.01. The van der Waals surface area contributed by atoms with E-state index in [-0.39, 0.29) is 5.91 Å². The molecule has 5 nitrogen and oxygen atoms in total. The van der Waals surface area contributed by atoms with E-state index in [1.807, 2.05) is 31.2 Å². The summed E-state index contributed by atoms with van der Waals surface area (Å²) in [6.07, 6.45) is 2.32. The normalized spacial score (nSPS) is 14.1. The van der Waals surface area contributed by atoms with Gasteiger partial charge in [0, 0.05) is 6.54 Å². The number of nitrogens with one attached hydrogen (secondary N) is 1. The number of nitrogens with zero attached hydrogens (tertiary/aromatic N) is 2. The lowest BCUT2D eigenvalue weighted by Crippen LogP contribution is -2.52. The van der Waals surface area contributed by atoms with Crippen LogP contribution in [0.15, 0.2) is 30.5 Å². The summed E-state index contributed by atoms with van der Waals surface area (Å²) in [7, 11) is 0. The van der Waals surface area contributed by atoms with Crippen LogP contribution in [0.2, 0.25) is 0 Å². The first-order valence-electron chi connectivity index (χ1n) is 7.18. The van der Waals surface area contributed by atoms with Gasteiger partial charge in [-0.2, -0.15) is 0 Å². The van der Waals surface area contributed by atoms with Crippen molar-refractivity contribution in [2.45, 2.75) is 32.7 Å². The lowest BCUT2D eigenvalue weighted by Gasteiger charge is -2.31. The highest BCUT2D eigenvalue weighted by atomic mass is 16.2. The molecular weight excluding hydrogens is 264 g/mol. The van der Waals surface area contributed by atoms with Gasteiger partial charge in [0.1, 0.15) is 5.69 Å². The van der Waals surface area contributed by atoms with Crippen LogP contribution < -0.4 is 11.1 Å². The van der Waals surface area contributed by atoms with Crippen LogP contribution in [0.4, 0.5) is 0 Å². The molecular formula is C16H22N4O. The Bertz CT molecular complexity index is 641. The Morgan fingerprint density at radius 3 is 2.62 bits per heavy atom. The van der Waals surface area contributed by atoms with Crippen molar-refractivity contribution in [1.29, 1.82) is 0 Å². The number of nitrogens with two attached hydrogens (primary N) is 1. The molecule has 0 radical (unpaired) electrons. The zero-order chi connectivity index (χ0) is 15.5. The topological polar surface area (TPSA) is 80.9 Å². The molecule has 1 aromatic heterocycles. The van der Waals surface area contributed by atoms with Crippen LogP contribution in [-0.4, -0.2) is 28.0 Å². The largest absolute Gasteiger partial charge is 0.344 e. The van der Waals surface area contributed by atoms with Gasteiger partial charge in [-0.05, 0) is 31.4 Å². The molecule has 0 aliphatic heterocycles. The molecule has 0 spiro atoms. The second kappa shape index (κ2) is 6.18. The van der Waals surface area contributed by atoms with Gasteiger partial charge in [-0.3, -0.25) is 9.78 Å². The van der Waals surface area contributed by atoms with Gasteiger partial charge in [-0.1, -0.05) is 26.0 Å². The smallest absolute Gasteiger partial charge is 0.271 e. The number of amides is 1. The number of carbonyl (C=O) groups is 1. The Morgan fingerprint density at radius 2 is 2.00 bits per heavy atom.